The first-order valence-corrected chi connectivity index (χ1v) is 3.96. The predicted octanol–water partition coefficient (Wildman–Crippen LogP) is 1.98. The van der Waals surface area contributed by atoms with E-state index in [1.165, 1.54) is 7.11 Å². The molecule has 0 heterocycles. The van der Waals surface area contributed by atoms with E-state index in [-0.39, 0.29) is 0 Å². The highest BCUT2D eigenvalue weighted by atomic mass is 32.2. The van der Waals surface area contributed by atoms with E-state index in [2.05, 4.69) is 0 Å². The molecule has 0 aromatic heterocycles. The molecule has 12 heavy (non-hydrogen) atoms. The zero-order valence-corrected chi connectivity index (χ0v) is 7.21. The summed E-state index contributed by atoms with van der Waals surface area (Å²) in [7, 11) is 1.49. The summed E-state index contributed by atoms with van der Waals surface area (Å²) in [5.41, 5.74) is 0. The third-order valence-corrected chi connectivity index (χ3v) is 1.92. The first kappa shape index (κ1) is 8.86. The minimum atomic E-state index is -0.460. The summed E-state index contributed by atoms with van der Waals surface area (Å²) >= 11 is 0.547. The molecule has 0 atom stereocenters. The summed E-state index contributed by atoms with van der Waals surface area (Å²) in [5, 5.41) is 10.1. The fourth-order valence-electron chi connectivity index (χ4n) is 0.775. The largest absolute Gasteiger partial charge is 0.495 e. The lowest BCUT2D eigenvalue weighted by molar-refractivity contribution is -0.284. The Morgan fingerprint density at radius 2 is 2.17 bits per heavy atom. The van der Waals surface area contributed by atoms with E-state index in [4.69, 9.17) is 4.74 Å². The smallest absolute Gasteiger partial charge is 0.269 e. The average Bonchev–Trinajstić information content (AvgIpc) is 2.04. The molecule has 0 saturated heterocycles. The first-order chi connectivity index (χ1) is 5.74. The second-order valence-electron chi connectivity index (χ2n) is 1.97. The Bertz CT molecular complexity index is 290. The van der Waals surface area contributed by atoms with Crippen LogP contribution in [0.5, 0.6) is 5.75 Å². The molecule has 4 nitrogen and oxygen atoms in total. The molecule has 1 aromatic rings. The molecule has 0 radical (unpaired) electrons. The molecular formula is C7H7NO3S. The van der Waals surface area contributed by atoms with E-state index in [0.29, 0.717) is 22.6 Å². The Balaban J connectivity index is 2.89. The van der Waals surface area contributed by atoms with Gasteiger partial charge in [0.25, 0.3) is 11.9 Å². The molecular weight excluding hydrogens is 178 g/mol. The molecule has 0 spiro atoms. The van der Waals surface area contributed by atoms with Gasteiger partial charge < -0.3 is 4.74 Å². The molecule has 0 aliphatic carbocycles. The lowest BCUT2D eigenvalue weighted by Crippen LogP contribution is -1.88. The van der Waals surface area contributed by atoms with Gasteiger partial charge in [0, 0.05) is 0 Å². The van der Waals surface area contributed by atoms with Crippen LogP contribution in [-0.4, -0.2) is 11.4 Å². The monoisotopic (exact) mass is 185 g/mol. The maximum absolute atomic E-state index is 10.1. The Morgan fingerprint density at radius 1 is 1.50 bits per heavy atom. The Kier molecular flexibility index (Phi) is 2.93. The molecule has 0 fully saturated rings. The minimum absolute atomic E-state index is 0.460. The van der Waals surface area contributed by atoms with Gasteiger partial charge in [-0.2, -0.15) is 0 Å². The van der Waals surface area contributed by atoms with Crippen molar-refractivity contribution in [2.24, 2.45) is 0 Å². The van der Waals surface area contributed by atoms with E-state index in [1.807, 2.05) is 0 Å². The fourth-order valence-corrected chi connectivity index (χ4v) is 1.32. The van der Waals surface area contributed by atoms with Crippen LogP contribution in [0.2, 0.25) is 0 Å². The van der Waals surface area contributed by atoms with Crippen molar-refractivity contribution >= 4 is 11.9 Å². The normalized spacial score (nSPS) is 9.42. The molecule has 0 unspecified atom stereocenters. The van der Waals surface area contributed by atoms with E-state index < -0.39 is 4.33 Å². The van der Waals surface area contributed by atoms with E-state index in [0.717, 1.165) is 0 Å². The average molecular weight is 185 g/mol. The van der Waals surface area contributed by atoms with Crippen molar-refractivity contribution in [3.05, 3.63) is 34.4 Å². The van der Waals surface area contributed by atoms with Crippen molar-refractivity contribution in [2.75, 3.05) is 7.11 Å². The predicted molar refractivity (Wildman–Crippen MR) is 45.8 cm³/mol. The molecule has 0 saturated carbocycles. The number of rotatable bonds is 3. The Hall–Kier alpha value is -1.23. The SMILES string of the molecule is COc1ccccc1S[N+](=O)[O-]. The summed E-state index contributed by atoms with van der Waals surface area (Å²) < 4.78 is 4.46. The van der Waals surface area contributed by atoms with Crippen molar-refractivity contribution in [2.45, 2.75) is 4.90 Å². The summed E-state index contributed by atoms with van der Waals surface area (Å²) in [6.07, 6.45) is 0. The third kappa shape index (κ3) is 2.13. The van der Waals surface area contributed by atoms with Crippen LogP contribution in [0.4, 0.5) is 0 Å². The molecule has 0 aliphatic heterocycles. The highest BCUT2D eigenvalue weighted by molar-refractivity contribution is 7.93. The number of nitrogens with zero attached hydrogens (tertiary/aromatic N) is 1. The van der Waals surface area contributed by atoms with Gasteiger partial charge in [-0.3, -0.25) is 10.1 Å². The Morgan fingerprint density at radius 3 is 2.75 bits per heavy atom. The highest BCUT2D eigenvalue weighted by Gasteiger charge is 2.10. The summed E-state index contributed by atoms with van der Waals surface area (Å²) in [6.45, 7) is 0. The number of benzene rings is 1. The van der Waals surface area contributed by atoms with Crippen molar-refractivity contribution in [3.63, 3.8) is 0 Å². The van der Waals surface area contributed by atoms with Crippen LogP contribution in [0.25, 0.3) is 0 Å². The second kappa shape index (κ2) is 3.96. The maximum Gasteiger partial charge on any atom is 0.269 e. The van der Waals surface area contributed by atoms with Gasteiger partial charge in [-0.25, -0.2) is 0 Å². The lowest BCUT2D eigenvalue weighted by atomic mass is 10.3. The number of ether oxygens (including phenoxy) is 1. The van der Waals surface area contributed by atoms with Crippen molar-refractivity contribution in [3.8, 4) is 5.75 Å². The van der Waals surface area contributed by atoms with Gasteiger partial charge in [0.2, 0.25) is 0 Å². The molecule has 64 valence electrons. The van der Waals surface area contributed by atoms with Crippen LogP contribution in [0, 0.1) is 10.1 Å². The van der Waals surface area contributed by atoms with Gasteiger partial charge >= 0.3 is 0 Å². The zero-order valence-electron chi connectivity index (χ0n) is 6.39. The summed E-state index contributed by atoms with van der Waals surface area (Å²) in [6, 6.07) is 6.83. The van der Waals surface area contributed by atoms with E-state index >= 15 is 0 Å². The highest BCUT2D eigenvalue weighted by Crippen LogP contribution is 2.28. The Labute approximate surface area is 73.8 Å². The van der Waals surface area contributed by atoms with Crippen LogP contribution in [0.15, 0.2) is 29.2 Å². The molecule has 1 aromatic carbocycles. The van der Waals surface area contributed by atoms with Gasteiger partial charge in [-0.05, 0) is 12.1 Å². The topological polar surface area (TPSA) is 52.4 Å². The van der Waals surface area contributed by atoms with Crippen LogP contribution in [-0.2, 0) is 0 Å². The van der Waals surface area contributed by atoms with Crippen LogP contribution in [0.1, 0.15) is 0 Å². The standard InChI is InChI=1S/C7H7NO3S/c1-11-6-4-2-3-5-7(6)12-8(9)10/h2-5H,1H3. The number of methoxy groups -OCH3 is 1. The molecule has 0 N–H and O–H groups in total. The zero-order chi connectivity index (χ0) is 8.97. The van der Waals surface area contributed by atoms with E-state index in [1.54, 1.807) is 24.3 Å². The van der Waals surface area contributed by atoms with Gasteiger partial charge in [-0.1, -0.05) is 12.1 Å². The van der Waals surface area contributed by atoms with E-state index in [9.17, 15) is 10.1 Å². The minimum Gasteiger partial charge on any atom is -0.495 e. The first-order valence-electron chi connectivity index (χ1n) is 3.19. The quantitative estimate of drug-likeness (QED) is 0.410. The second-order valence-corrected chi connectivity index (χ2v) is 2.89. The lowest BCUT2D eigenvalue weighted by Gasteiger charge is -2.00. The molecule has 0 bridgehead atoms. The van der Waals surface area contributed by atoms with Crippen molar-refractivity contribution < 1.29 is 9.07 Å². The fraction of sp³-hybridized carbons (Fsp3) is 0.143. The van der Waals surface area contributed by atoms with Crippen molar-refractivity contribution in [1.29, 1.82) is 0 Å². The van der Waals surface area contributed by atoms with Gasteiger partial charge in [0.05, 0.1) is 7.11 Å². The number of nitro groups is 1. The van der Waals surface area contributed by atoms with Crippen LogP contribution < -0.4 is 4.74 Å². The molecule has 1 rings (SSSR count). The third-order valence-electron chi connectivity index (χ3n) is 1.24. The van der Waals surface area contributed by atoms with Crippen molar-refractivity contribution in [1.82, 2.24) is 0 Å². The summed E-state index contributed by atoms with van der Waals surface area (Å²) in [5.74, 6) is 0.527. The summed E-state index contributed by atoms with van der Waals surface area (Å²) in [4.78, 5) is 10.7. The maximum atomic E-state index is 10.1. The van der Waals surface area contributed by atoms with Gasteiger partial charge in [0.15, 0.2) is 0 Å². The molecule has 0 aliphatic rings. The number of hydrogen-bond donors (Lipinski definition) is 0. The van der Waals surface area contributed by atoms with Gasteiger partial charge in [0.1, 0.15) is 15.0 Å². The van der Waals surface area contributed by atoms with Gasteiger partial charge in [-0.15, -0.1) is 0 Å². The molecule has 5 heteroatoms. The number of hydrogen-bond acceptors (Lipinski definition) is 4. The molecule has 0 amide bonds. The van der Waals surface area contributed by atoms with Crippen LogP contribution in [0.3, 0.4) is 0 Å². The number of para-hydroxylation sites is 1. The van der Waals surface area contributed by atoms with Crippen LogP contribution >= 0.6 is 11.9 Å².